The Labute approximate surface area is 122 Å². The van der Waals surface area contributed by atoms with Gasteiger partial charge in [0.2, 0.25) is 5.95 Å². The molecule has 3 heterocycles. The Morgan fingerprint density at radius 3 is 2.76 bits per heavy atom. The van der Waals surface area contributed by atoms with E-state index in [1.54, 1.807) is 23.9 Å². The molecule has 0 spiro atoms. The summed E-state index contributed by atoms with van der Waals surface area (Å²) in [4.78, 5) is 25.5. The van der Waals surface area contributed by atoms with Crippen LogP contribution >= 0.6 is 0 Å². The van der Waals surface area contributed by atoms with Crippen LogP contribution in [-0.2, 0) is 4.74 Å². The molecular weight excluding hydrogens is 277 g/mol. The number of carbonyl (C=O) groups excluding carboxylic acids is 1. The smallest absolute Gasteiger partial charge is 0.319 e. The second kappa shape index (κ2) is 5.44. The Hall–Kier alpha value is -1.96. The van der Waals surface area contributed by atoms with Crippen LogP contribution in [0.25, 0.3) is 0 Å². The Morgan fingerprint density at radius 1 is 1.38 bits per heavy atom. The summed E-state index contributed by atoms with van der Waals surface area (Å²) >= 11 is 0. The third kappa shape index (κ3) is 2.63. The molecule has 0 unspecified atom stereocenters. The normalized spacial score (nSPS) is 24.9. The van der Waals surface area contributed by atoms with Crippen molar-refractivity contribution in [1.29, 1.82) is 0 Å². The van der Waals surface area contributed by atoms with Gasteiger partial charge in [0.25, 0.3) is 0 Å². The van der Waals surface area contributed by atoms with Gasteiger partial charge < -0.3 is 19.4 Å². The van der Waals surface area contributed by atoms with E-state index in [-0.39, 0.29) is 18.2 Å². The molecule has 2 atom stereocenters. The lowest BCUT2D eigenvalue weighted by Gasteiger charge is -2.36. The van der Waals surface area contributed by atoms with Crippen molar-refractivity contribution in [3.8, 4) is 0 Å². The van der Waals surface area contributed by atoms with Gasteiger partial charge in [-0.25, -0.2) is 19.2 Å². The molecule has 7 nitrogen and oxygen atoms in total. The number of amides is 2. The second-order valence-electron chi connectivity index (χ2n) is 5.45. The predicted molar refractivity (Wildman–Crippen MR) is 73.5 cm³/mol. The molecule has 1 aromatic heterocycles. The highest BCUT2D eigenvalue weighted by atomic mass is 19.1. The first kappa shape index (κ1) is 14.0. The lowest BCUT2D eigenvalue weighted by molar-refractivity contribution is 0.0310. The molecule has 2 saturated heterocycles. The fourth-order valence-electron chi connectivity index (χ4n) is 2.83. The molecule has 0 N–H and O–H groups in total. The van der Waals surface area contributed by atoms with Crippen LogP contribution in [0.4, 0.5) is 15.1 Å². The first-order chi connectivity index (χ1) is 10.1. The van der Waals surface area contributed by atoms with E-state index < -0.39 is 5.82 Å². The van der Waals surface area contributed by atoms with E-state index in [2.05, 4.69) is 9.97 Å². The van der Waals surface area contributed by atoms with Crippen molar-refractivity contribution < 1.29 is 13.9 Å². The summed E-state index contributed by atoms with van der Waals surface area (Å²) in [6.07, 6.45) is 2.26. The summed E-state index contributed by atoms with van der Waals surface area (Å²) in [7, 11) is 3.46. The summed E-state index contributed by atoms with van der Waals surface area (Å²) < 4.78 is 18.7. The first-order valence-corrected chi connectivity index (χ1v) is 6.88. The monoisotopic (exact) mass is 295 g/mol. The number of urea groups is 1. The van der Waals surface area contributed by atoms with E-state index in [4.69, 9.17) is 4.74 Å². The fraction of sp³-hybridized carbons (Fsp3) is 0.615. The third-order valence-electron chi connectivity index (χ3n) is 3.82. The standard InChI is InChI=1S/C13H18FN5O2/c1-17(2)13(20)18-7-10-11(8-18)21-4-3-19(10)12-15-5-9(14)6-16-12/h5-6,10-11H,3-4,7-8H2,1-2H3/t10-,11+/m1/s1. The van der Waals surface area contributed by atoms with Crippen LogP contribution in [0.1, 0.15) is 0 Å². The maximum atomic E-state index is 13.0. The van der Waals surface area contributed by atoms with E-state index in [0.717, 1.165) is 12.4 Å². The summed E-state index contributed by atoms with van der Waals surface area (Å²) in [5.74, 6) is 0.0215. The minimum Gasteiger partial charge on any atom is -0.372 e. The van der Waals surface area contributed by atoms with Crippen LogP contribution in [0.15, 0.2) is 12.4 Å². The van der Waals surface area contributed by atoms with Gasteiger partial charge in [0.05, 0.1) is 37.7 Å². The van der Waals surface area contributed by atoms with Crippen molar-refractivity contribution in [3.05, 3.63) is 18.2 Å². The van der Waals surface area contributed by atoms with E-state index in [1.165, 1.54) is 0 Å². The molecular formula is C13H18FN5O2. The lowest BCUT2D eigenvalue weighted by Crippen LogP contribution is -2.51. The Kier molecular flexibility index (Phi) is 3.62. The van der Waals surface area contributed by atoms with Gasteiger partial charge >= 0.3 is 6.03 Å². The lowest BCUT2D eigenvalue weighted by atomic mass is 10.1. The largest absolute Gasteiger partial charge is 0.372 e. The van der Waals surface area contributed by atoms with Gasteiger partial charge in [-0.2, -0.15) is 0 Å². The number of ether oxygens (including phenoxy) is 1. The molecule has 2 amide bonds. The molecule has 0 bridgehead atoms. The number of carbonyl (C=O) groups is 1. The number of nitrogens with zero attached hydrogens (tertiary/aromatic N) is 5. The number of aromatic nitrogens is 2. The average Bonchev–Trinajstić information content (AvgIpc) is 2.91. The van der Waals surface area contributed by atoms with Crippen LogP contribution in [0, 0.1) is 5.82 Å². The van der Waals surface area contributed by atoms with Crippen molar-refractivity contribution in [3.63, 3.8) is 0 Å². The fourth-order valence-corrected chi connectivity index (χ4v) is 2.83. The third-order valence-corrected chi connectivity index (χ3v) is 3.82. The Bertz CT molecular complexity index is 524. The number of halogens is 1. The number of hydrogen-bond acceptors (Lipinski definition) is 5. The van der Waals surface area contributed by atoms with E-state index in [0.29, 0.717) is 32.2 Å². The number of fused-ring (bicyclic) bond motifs is 1. The summed E-state index contributed by atoms with van der Waals surface area (Å²) in [6.45, 7) is 2.30. The summed E-state index contributed by atoms with van der Waals surface area (Å²) in [5, 5.41) is 0. The maximum Gasteiger partial charge on any atom is 0.319 e. The van der Waals surface area contributed by atoms with Crippen LogP contribution in [-0.4, -0.2) is 78.3 Å². The van der Waals surface area contributed by atoms with Gasteiger partial charge in [0.1, 0.15) is 0 Å². The minimum atomic E-state index is -0.459. The molecule has 2 aliphatic rings. The highest BCUT2D eigenvalue weighted by Gasteiger charge is 2.43. The van der Waals surface area contributed by atoms with Crippen LogP contribution in [0.2, 0.25) is 0 Å². The molecule has 8 heteroatoms. The molecule has 2 fully saturated rings. The zero-order valence-corrected chi connectivity index (χ0v) is 12.1. The van der Waals surface area contributed by atoms with Crippen LogP contribution < -0.4 is 4.90 Å². The van der Waals surface area contributed by atoms with Crippen molar-refractivity contribution in [2.75, 3.05) is 45.2 Å². The molecule has 3 rings (SSSR count). The second-order valence-corrected chi connectivity index (χ2v) is 5.45. The molecule has 0 aliphatic carbocycles. The van der Waals surface area contributed by atoms with Crippen molar-refractivity contribution in [1.82, 2.24) is 19.8 Å². The molecule has 2 aliphatic heterocycles. The van der Waals surface area contributed by atoms with E-state index in [9.17, 15) is 9.18 Å². The SMILES string of the molecule is CN(C)C(=O)N1C[C@@H]2OCCN(c3ncc(F)cn3)[C@@H]2C1. The van der Waals surface area contributed by atoms with Crippen molar-refractivity contribution >= 4 is 12.0 Å². The number of rotatable bonds is 1. The average molecular weight is 295 g/mol. The van der Waals surface area contributed by atoms with Crippen LogP contribution in [0.5, 0.6) is 0 Å². The van der Waals surface area contributed by atoms with Gasteiger partial charge in [-0.05, 0) is 0 Å². The van der Waals surface area contributed by atoms with Crippen molar-refractivity contribution in [2.24, 2.45) is 0 Å². The topological polar surface area (TPSA) is 61.8 Å². The first-order valence-electron chi connectivity index (χ1n) is 6.88. The minimum absolute atomic E-state index is 0.00751. The van der Waals surface area contributed by atoms with E-state index >= 15 is 0 Å². The van der Waals surface area contributed by atoms with Gasteiger partial charge in [-0.15, -0.1) is 0 Å². The van der Waals surface area contributed by atoms with Gasteiger partial charge in [0, 0.05) is 27.2 Å². The van der Waals surface area contributed by atoms with Crippen LogP contribution in [0.3, 0.4) is 0 Å². The quantitative estimate of drug-likeness (QED) is 0.740. The van der Waals surface area contributed by atoms with Gasteiger partial charge in [-0.1, -0.05) is 0 Å². The summed E-state index contributed by atoms with van der Waals surface area (Å²) in [6, 6.07) is -0.0268. The number of morpholine rings is 1. The van der Waals surface area contributed by atoms with Crippen molar-refractivity contribution in [2.45, 2.75) is 12.1 Å². The molecule has 1 aromatic rings. The number of likely N-dealkylation sites (tertiary alicyclic amines) is 1. The number of anilines is 1. The molecule has 114 valence electrons. The van der Waals surface area contributed by atoms with Gasteiger partial charge in [0.15, 0.2) is 5.82 Å². The Morgan fingerprint density at radius 2 is 2.10 bits per heavy atom. The maximum absolute atomic E-state index is 13.0. The zero-order chi connectivity index (χ0) is 15.0. The highest BCUT2D eigenvalue weighted by molar-refractivity contribution is 5.74. The highest BCUT2D eigenvalue weighted by Crippen LogP contribution is 2.26. The van der Waals surface area contributed by atoms with E-state index in [1.807, 2.05) is 4.90 Å². The summed E-state index contributed by atoms with van der Waals surface area (Å²) in [5.41, 5.74) is 0. The molecule has 21 heavy (non-hydrogen) atoms. The molecule has 0 aromatic carbocycles. The predicted octanol–water partition coefficient (Wildman–Crippen LogP) is 0.187. The molecule has 0 radical (unpaired) electrons. The number of hydrogen-bond donors (Lipinski definition) is 0. The van der Waals surface area contributed by atoms with Gasteiger partial charge in [-0.3, -0.25) is 0 Å². The molecule has 0 saturated carbocycles. The zero-order valence-electron chi connectivity index (χ0n) is 12.1. The Balaban J connectivity index is 1.78.